The summed E-state index contributed by atoms with van der Waals surface area (Å²) < 4.78 is 0. The molecule has 0 aromatic heterocycles. The van der Waals surface area contributed by atoms with Crippen molar-refractivity contribution < 1.29 is 0 Å². The molecule has 0 bridgehead atoms. The molecule has 174 valence electrons. The molecule has 0 amide bonds. The maximum absolute atomic E-state index is 2.36. The highest BCUT2D eigenvalue weighted by Crippen LogP contribution is 2.48. The van der Waals surface area contributed by atoms with Crippen LogP contribution in [0.15, 0.2) is 0 Å². The predicted octanol–water partition coefficient (Wildman–Crippen LogP) is 9.58. The maximum atomic E-state index is 2.36. The fourth-order valence-electron chi connectivity index (χ4n) is 5.77. The summed E-state index contributed by atoms with van der Waals surface area (Å²) in [6, 6.07) is 0. The average molecular weight is 407 g/mol. The Morgan fingerprint density at radius 2 is 0.621 bits per heavy atom. The van der Waals surface area contributed by atoms with E-state index in [2.05, 4.69) is 83.1 Å². The van der Waals surface area contributed by atoms with Gasteiger partial charge in [-0.05, 0) is 103 Å². The fraction of sp³-hybridized carbons (Fsp3) is 1.00. The molecule has 0 unspecified atom stereocenters. The highest BCUT2D eigenvalue weighted by Gasteiger charge is 2.40. The Morgan fingerprint density at radius 1 is 0.345 bits per heavy atom. The van der Waals surface area contributed by atoms with Crippen LogP contribution in [-0.2, 0) is 0 Å². The lowest BCUT2D eigenvalue weighted by atomic mass is 9.64. The molecule has 0 aliphatic heterocycles. The van der Waals surface area contributed by atoms with Gasteiger partial charge in [0.05, 0.1) is 0 Å². The molecule has 0 nitrogen and oxygen atoms in total. The molecule has 0 spiro atoms. The van der Waals surface area contributed by atoms with Gasteiger partial charge in [-0.3, -0.25) is 0 Å². The van der Waals surface area contributed by atoms with Crippen LogP contribution in [0.2, 0.25) is 0 Å². The van der Waals surface area contributed by atoms with Crippen LogP contribution in [0.5, 0.6) is 0 Å². The van der Waals surface area contributed by atoms with Crippen LogP contribution in [0.25, 0.3) is 0 Å². The molecular weight excluding hydrogens is 348 g/mol. The fourth-order valence-corrected chi connectivity index (χ4v) is 5.77. The molecule has 4 atom stereocenters. The highest BCUT2D eigenvalue weighted by atomic mass is 14.5. The average Bonchev–Trinajstić information content (AvgIpc) is 3.23. The van der Waals surface area contributed by atoms with Crippen LogP contribution in [-0.4, -0.2) is 0 Å². The summed E-state index contributed by atoms with van der Waals surface area (Å²) in [6.45, 7) is 28.2. The molecule has 0 radical (unpaired) electrons. The van der Waals surface area contributed by atoms with Crippen LogP contribution in [0.1, 0.15) is 115 Å². The zero-order chi connectivity index (χ0) is 22.5. The van der Waals surface area contributed by atoms with Gasteiger partial charge in [-0.1, -0.05) is 83.1 Å². The summed E-state index contributed by atoms with van der Waals surface area (Å²) in [5.41, 5.74) is 0. The van der Waals surface area contributed by atoms with Crippen LogP contribution in [0, 0.1) is 71.0 Å². The molecule has 3 saturated carbocycles. The third kappa shape index (κ3) is 8.57. The van der Waals surface area contributed by atoms with Crippen molar-refractivity contribution in [2.45, 2.75) is 115 Å². The molecule has 3 aliphatic rings. The number of hydrogen-bond donors (Lipinski definition) is 0. The van der Waals surface area contributed by atoms with E-state index in [1.807, 2.05) is 0 Å². The van der Waals surface area contributed by atoms with E-state index in [0.717, 1.165) is 71.0 Å². The topological polar surface area (TPSA) is 0 Å². The Balaban J connectivity index is 0.000000218. The quantitative estimate of drug-likeness (QED) is 0.412. The first-order chi connectivity index (χ1) is 13.4. The van der Waals surface area contributed by atoms with Crippen LogP contribution >= 0.6 is 0 Å². The smallest absolute Gasteiger partial charge is 0.0357 e. The van der Waals surface area contributed by atoms with E-state index in [4.69, 9.17) is 0 Å². The van der Waals surface area contributed by atoms with Gasteiger partial charge in [0.2, 0.25) is 0 Å². The second-order valence-electron chi connectivity index (χ2n) is 12.9. The highest BCUT2D eigenvalue weighted by molar-refractivity contribution is 4.89. The third-order valence-corrected chi connectivity index (χ3v) is 8.80. The summed E-state index contributed by atoms with van der Waals surface area (Å²) in [4.78, 5) is 0. The monoisotopic (exact) mass is 406 g/mol. The van der Waals surface area contributed by atoms with E-state index in [9.17, 15) is 0 Å². The molecule has 3 fully saturated rings. The molecule has 0 saturated heterocycles. The van der Waals surface area contributed by atoms with E-state index in [-0.39, 0.29) is 0 Å². The molecule has 0 heterocycles. The Morgan fingerprint density at radius 3 is 0.759 bits per heavy atom. The van der Waals surface area contributed by atoms with E-state index >= 15 is 0 Å². The van der Waals surface area contributed by atoms with Gasteiger partial charge in [0.25, 0.3) is 0 Å². The molecule has 0 heteroatoms. The minimum absolute atomic E-state index is 0.918. The van der Waals surface area contributed by atoms with Crippen LogP contribution in [0.4, 0.5) is 0 Å². The Bertz CT molecular complexity index is 383. The Hall–Kier alpha value is 0. The molecule has 0 aromatic rings. The van der Waals surface area contributed by atoms with Gasteiger partial charge in [0.1, 0.15) is 0 Å². The van der Waals surface area contributed by atoms with Gasteiger partial charge in [-0.15, -0.1) is 0 Å². The van der Waals surface area contributed by atoms with E-state index < -0.39 is 0 Å². The molecule has 3 rings (SSSR count). The normalized spacial score (nSPS) is 33.3. The van der Waals surface area contributed by atoms with Crippen molar-refractivity contribution >= 4 is 0 Å². The molecular formula is C29H58. The first-order valence-electron chi connectivity index (χ1n) is 13.4. The summed E-state index contributed by atoms with van der Waals surface area (Å²) in [5, 5.41) is 0. The van der Waals surface area contributed by atoms with Crippen molar-refractivity contribution in [2.75, 3.05) is 0 Å². The molecule has 0 aromatic carbocycles. The minimum atomic E-state index is 0.918. The lowest BCUT2D eigenvalue weighted by molar-refractivity contribution is 0.0793. The van der Waals surface area contributed by atoms with Crippen molar-refractivity contribution in [3.8, 4) is 0 Å². The maximum Gasteiger partial charge on any atom is -0.0357 e. The van der Waals surface area contributed by atoms with Crippen molar-refractivity contribution in [3.05, 3.63) is 0 Å². The Kier molecular flexibility index (Phi) is 11.3. The Labute approximate surface area is 186 Å². The van der Waals surface area contributed by atoms with Crippen LogP contribution < -0.4 is 0 Å². The largest absolute Gasteiger partial charge is 0.0625 e. The summed E-state index contributed by atoms with van der Waals surface area (Å²) in [6.07, 6.45) is 7.46. The predicted molar refractivity (Wildman–Crippen MR) is 133 cm³/mol. The first-order valence-corrected chi connectivity index (χ1v) is 13.4. The van der Waals surface area contributed by atoms with E-state index in [1.54, 1.807) is 0 Å². The summed E-state index contributed by atoms with van der Waals surface area (Å²) >= 11 is 0. The third-order valence-electron chi connectivity index (χ3n) is 8.80. The SMILES string of the molecule is CC(C)C1CC(C(C)C)C1.CC(C)[C@H]1CC[C@@H]1C(C)C.CC(C)[C@H]1C[C@@H]1C(C)C. The lowest BCUT2D eigenvalue weighted by Crippen LogP contribution is -2.33. The van der Waals surface area contributed by atoms with E-state index in [0.29, 0.717) is 0 Å². The zero-order valence-electron chi connectivity index (χ0n) is 22.5. The first kappa shape index (κ1) is 27.0. The van der Waals surface area contributed by atoms with Crippen molar-refractivity contribution in [1.29, 1.82) is 0 Å². The summed E-state index contributed by atoms with van der Waals surface area (Å²) in [5.74, 6) is 11.8. The molecule has 0 N–H and O–H groups in total. The van der Waals surface area contributed by atoms with Crippen molar-refractivity contribution in [1.82, 2.24) is 0 Å². The molecule has 29 heavy (non-hydrogen) atoms. The van der Waals surface area contributed by atoms with Gasteiger partial charge in [0, 0.05) is 0 Å². The lowest BCUT2D eigenvalue weighted by Gasteiger charge is -2.42. The van der Waals surface area contributed by atoms with Gasteiger partial charge < -0.3 is 0 Å². The van der Waals surface area contributed by atoms with Crippen molar-refractivity contribution in [2.24, 2.45) is 71.0 Å². The number of rotatable bonds is 6. The zero-order valence-corrected chi connectivity index (χ0v) is 22.5. The van der Waals surface area contributed by atoms with E-state index in [1.165, 1.54) is 32.1 Å². The van der Waals surface area contributed by atoms with Gasteiger partial charge in [0.15, 0.2) is 0 Å². The minimum Gasteiger partial charge on any atom is -0.0625 e. The van der Waals surface area contributed by atoms with Crippen LogP contribution in [0.3, 0.4) is 0 Å². The van der Waals surface area contributed by atoms with Gasteiger partial charge >= 0.3 is 0 Å². The van der Waals surface area contributed by atoms with Gasteiger partial charge in [-0.2, -0.15) is 0 Å². The standard InChI is InChI=1S/2C10H20.C9H18/c1-7(2)9-5-10(6-9)8(3)4;1-7(2)9-5-6-10(9)8(3)4;1-6(2)8-5-9(8)7(3)4/h2*7-10H,5-6H2,1-4H3;6-9H,5H2,1-4H3/t;9-,10-;8-,9-/m.11/s1. The van der Waals surface area contributed by atoms with Gasteiger partial charge in [-0.25, -0.2) is 0 Å². The second-order valence-corrected chi connectivity index (χ2v) is 12.9. The molecule has 3 aliphatic carbocycles. The second kappa shape index (κ2) is 12.1. The summed E-state index contributed by atoms with van der Waals surface area (Å²) in [7, 11) is 0. The van der Waals surface area contributed by atoms with Crippen molar-refractivity contribution in [3.63, 3.8) is 0 Å². The number of hydrogen-bond acceptors (Lipinski definition) is 0.